The molecule has 0 amide bonds. The number of rotatable bonds is 10. The molecule has 5 heteroatoms. The quantitative estimate of drug-likeness (QED) is 0.173. The van der Waals surface area contributed by atoms with Gasteiger partial charge in [0, 0.05) is 47.0 Å². The van der Waals surface area contributed by atoms with Crippen molar-refractivity contribution in [3.8, 4) is 11.5 Å². The lowest BCUT2D eigenvalue weighted by molar-refractivity contribution is -0.985. The van der Waals surface area contributed by atoms with Gasteiger partial charge in [0.2, 0.25) is 0 Å². The topological polar surface area (TPSA) is 40.6 Å². The molecule has 236 valence electrons. The Morgan fingerprint density at radius 2 is 1.68 bits per heavy atom. The average Bonchev–Trinajstić information content (AvgIpc) is 3.00. The van der Waals surface area contributed by atoms with Crippen molar-refractivity contribution in [3.05, 3.63) is 90.2 Å². The van der Waals surface area contributed by atoms with Crippen molar-refractivity contribution >= 4 is 10.9 Å². The van der Waals surface area contributed by atoms with Gasteiger partial charge in [-0.1, -0.05) is 53.7 Å². The minimum Gasteiger partial charge on any atom is -0.497 e. The molecular weight excluding hydrogens is 544 g/mol. The molecule has 6 rings (SSSR count). The van der Waals surface area contributed by atoms with Crippen molar-refractivity contribution < 1.29 is 18.7 Å². The Hall–Kier alpha value is -3.15. The van der Waals surface area contributed by atoms with Crippen molar-refractivity contribution in [2.75, 3.05) is 33.9 Å². The van der Waals surface area contributed by atoms with Crippen molar-refractivity contribution in [3.63, 3.8) is 0 Å². The first kappa shape index (κ1) is 32.2. The number of ether oxygens (including phenoxy) is 3. The highest BCUT2D eigenvalue weighted by molar-refractivity contribution is 5.84. The lowest BCUT2D eigenvalue weighted by Gasteiger charge is -2.58. The number of piperidine rings is 3. The molecule has 0 N–H and O–H groups in total. The summed E-state index contributed by atoms with van der Waals surface area (Å²) in [5.41, 5.74) is 5.96. The Bertz CT molecular complexity index is 1480. The van der Waals surface area contributed by atoms with E-state index in [0.717, 1.165) is 52.9 Å². The first-order valence-electron chi connectivity index (χ1n) is 16.2. The van der Waals surface area contributed by atoms with Gasteiger partial charge in [-0.05, 0) is 58.7 Å². The van der Waals surface area contributed by atoms with Crippen LogP contribution in [0.5, 0.6) is 11.5 Å². The molecule has 4 heterocycles. The van der Waals surface area contributed by atoms with Crippen molar-refractivity contribution in [2.24, 2.45) is 11.8 Å². The maximum absolute atomic E-state index is 6.83. The Morgan fingerprint density at radius 3 is 2.27 bits per heavy atom. The van der Waals surface area contributed by atoms with Gasteiger partial charge in [-0.2, -0.15) is 0 Å². The van der Waals surface area contributed by atoms with E-state index in [1.54, 1.807) is 7.11 Å². The van der Waals surface area contributed by atoms with Gasteiger partial charge in [-0.3, -0.25) is 4.98 Å². The number of aromatic nitrogens is 1. The van der Waals surface area contributed by atoms with E-state index < -0.39 is 0 Å². The maximum atomic E-state index is 6.83. The molecule has 3 aliphatic rings. The first-order chi connectivity index (χ1) is 20.8. The van der Waals surface area contributed by atoms with E-state index in [4.69, 9.17) is 19.2 Å². The molecule has 2 aromatic carbocycles. The minimum absolute atomic E-state index is 0.0517. The molecule has 0 radical (unpaired) electrons. The largest absolute Gasteiger partial charge is 0.497 e. The maximum Gasteiger partial charge on any atom is 0.135 e. The van der Waals surface area contributed by atoms with Crippen LogP contribution < -0.4 is 9.47 Å². The molecule has 0 saturated carbocycles. The summed E-state index contributed by atoms with van der Waals surface area (Å²) in [5.74, 6) is 2.96. The minimum atomic E-state index is -0.110. The summed E-state index contributed by atoms with van der Waals surface area (Å²) < 4.78 is 19.6. The van der Waals surface area contributed by atoms with E-state index in [2.05, 4.69) is 85.0 Å². The Balaban J connectivity index is 1.68. The number of quaternary nitrogens is 1. The molecule has 0 unspecified atom stereocenters. The smallest absolute Gasteiger partial charge is 0.135 e. The van der Waals surface area contributed by atoms with E-state index >= 15 is 0 Å². The summed E-state index contributed by atoms with van der Waals surface area (Å²) in [4.78, 5) is 4.70. The van der Waals surface area contributed by atoms with Crippen LogP contribution >= 0.6 is 0 Å². The number of pyridine rings is 1. The number of hydrogen-bond acceptors (Lipinski definition) is 4. The highest BCUT2D eigenvalue weighted by Gasteiger charge is 2.54. The average molecular weight is 598 g/mol. The summed E-state index contributed by atoms with van der Waals surface area (Å²) in [6, 6.07) is 13.4. The third-order valence-corrected chi connectivity index (χ3v) is 10.2. The van der Waals surface area contributed by atoms with E-state index in [-0.39, 0.29) is 23.0 Å². The molecule has 3 fully saturated rings. The number of nitrogens with zero attached hydrogens (tertiary/aromatic N) is 2. The lowest BCUT2D eigenvalue weighted by Crippen LogP contribution is -2.67. The van der Waals surface area contributed by atoms with Gasteiger partial charge in [-0.15, -0.1) is 13.2 Å². The van der Waals surface area contributed by atoms with Crippen LogP contribution in [0.25, 0.3) is 10.9 Å². The van der Waals surface area contributed by atoms with E-state index in [9.17, 15) is 0 Å². The molecule has 0 aliphatic carbocycles. The fourth-order valence-corrected chi connectivity index (χ4v) is 7.94. The normalized spacial score (nSPS) is 24.2. The fourth-order valence-electron chi connectivity index (χ4n) is 7.94. The van der Waals surface area contributed by atoms with Crippen molar-refractivity contribution in [1.82, 2.24) is 4.98 Å². The van der Waals surface area contributed by atoms with Crippen LogP contribution in [0, 0.1) is 11.8 Å². The number of hydrogen-bond donors (Lipinski definition) is 0. The molecule has 2 bridgehead atoms. The molecular formula is C39H53N2O3+. The summed E-state index contributed by atoms with van der Waals surface area (Å²) in [5, 5.41) is 1.09. The monoisotopic (exact) mass is 597 g/mol. The van der Waals surface area contributed by atoms with Crippen molar-refractivity contribution in [1.29, 1.82) is 0 Å². The molecule has 5 atom stereocenters. The summed E-state index contributed by atoms with van der Waals surface area (Å²) >= 11 is 0. The third-order valence-electron chi connectivity index (χ3n) is 10.2. The van der Waals surface area contributed by atoms with Crippen LogP contribution in [0.1, 0.15) is 82.7 Å². The second-order valence-electron chi connectivity index (χ2n) is 15.1. The molecule has 1 aromatic heterocycles. The third kappa shape index (κ3) is 6.06. The van der Waals surface area contributed by atoms with Gasteiger partial charge < -0.3 is 18.7 Å². The van der Waals surface area contributed by atoms with Gasteiger partial charge in [-0.25, -0.2) is 0 Å². The molecule has 0 spiro atoms. The first-order valence-corrected chi connectivity index (χ1v) is 16.2. The standard InChI is InChI=1S/C39H53N2O3/c1-11-19-44-36(30-15-17-40-34-14-13-29(42-9)23-31(30)34)35-22-28-16-18-41(35,25-27(28)12-2)24-26-20-32(38(3,4)5)37(43-10)33(21-26)39(6,7)8/h11-15,17,20-21,23,27-28,35-36H,1-2,16,18-19,22,24-25H2,3-10H3/q+1/t27-,28-,35-,36+,41+/m0/s1. The van der Waals surface area contributed by atoms with Crippen LogP contribution in [-0.2, 0) is 22.1 Å². The van der Waals surface area contributed by atoms with Crippen LogP contribution in [0.3, 0.4) is 0 Å². The van der Waals surface area contributed by atoms with Gasteiger partial charge >= 0.3 is 0 Å². The second-order valence-corrected chi connectivity index (χ2v) is 15.1. The SMILES string of the molecule is C=CCO[C@H](c1ccnc2ccc(OC)cc12)[C@@H]1C[C@@H]2CC[N@@+]1(Cc1cc(C(C)(C)C)c(OC)c(C(C)(C)C)c1)C[C@@H]2C=C. The number of benzene rings is 2. The van der Waals surface area contributed by atoms with Gasteiger partial charge in [0.25, 0.3) is 0 Å². The molecule has 3 saturated heterocycles. The summed E-state index contributed by atoms with van der Waals surface area (Å²) in [6.07, 6.45) is 8.22. The predicted octanol–water partition coefficient (Wildman–Crippen LogP) is 8.70. The second kappa shape index (κ2) is 12.3. The highest BCUT2D eigenvalue weighted by Crippen LogP contribution is 2.50. The lowest BCUT2D eigenvalue weighted by atomic mass is 9.70. The number of methoxy groups -OCH3 is 2. The Labute approximate surface area is 265 Å². The predicted molar refractivity (Wildman–Crippen MR) is 181 cm³/mol. The molecule has 3 aromatic rings. The summed E-state index contributed by atoms with van der Waals surface area (Å²) in [7, 11) is 3.54. The van der Waals surface area contributed by atoms with E-state index in [1.807, 2.05) is 31.5 Å². The fraction of sp³-hybridized carbons (Fsp3) is 0.513. The van der Waals surface area contributed by atoms with Crippen molar-refractivity contribution in [2.45, 2.75) is 83.9 Å². The van der Waals surface area contributed by atoms with Gasteiger partial charge in [0.15, 0.2) is 0 Å². The Kier molecular flexibility index (Phi) is 9.04. The highest BCUT2D eigenvalue weighted by atomic mass is 16.5. The van der Waals surface area contributed by atoms with E-state index in [1.165, 1.54) is 28.7 Å². The zero-order valence-corrected chi connectivity index (χ0v) is 28.3. The summed E-state index contributed by atoms with van der Waals surface area (Å²) in [6.45, 7) is 25.7. The zero-order valence-electron chi connectivity index (χ0n) is 28.3. The van der Waals surface area contributed by atoms with Crippen LogP contribution in [0.2, 0.25) is 0 Å². The molecule has 5 nitrogen and oxygen atoms in total. The van der Waals surface area contributed by atoms with E-state index in [0.29, 0.717) is 18.4 Å². The number of fused-ring (bicyclic) bond motifs is 4. The Morgan fingerprint density at radius 1 is 0.977 bits per heavy atom. The van der Waals surface area contributed by atoms with Crippen LogP contribution in [0.4, 0.5) is 0 Å². The van der Waals surface area contributed by atoms with Crippen LogP contribution in [-0.4, -0.2) is 49.4 Å². The zero-order chi connectivity index (χ0) is 31.9. The van der Waals surface area contributed by atoms with Gasteiger partial charge in [0.05, 0.1) is 39.4 Å². The molecule has 44 heavy (non-hydrogen) atoms. The van der Waals surface area contributed by atoms with Crippen LogP contribution in [0.15, 0.2) is 67.9 Å². The van der Waals surface area contributed by atoms with Gasteiger partial charge in [0.1, 0.15) is 30.2 Å². The molecule has 3 aliphatic heterocycles.